The minimum Gasteiger partial charge on any atom is -0.465 e. The van der Waals surface area contributed by atoms with Crippen LogP contribution >= 0.6 is 11.8 Å². The standard InChI is InChI=1S/C13H14N2O3S/c1-3-18-11(16)8-19-12-13(17)15(2)10-7-5-4-6-9(10)14-12/h4-7H,3,8H2,1-2H3. The fraction of sp³-hybridized carbons (Fsp3) is 0.308. The van der Waals surface area contributed by atoms with Crippen LogP contribution in [0.4, 0.5) is 0 Å². The molecule has 0 spiro atoms. The second-order valence-corrected chi connectivity index (χ2v) is 4.83. The van der Waals surface area contributed by atoms with Crippen LogP contribution in [0.2, 0.25) is 0 Å². The van der Waals surface area contributed by atoms with Gasteiger partial charge in [-0.15, -0.1) is 0 Å². The van der Waals surface area contributed by atoms with E-state index in [0.29, 0.717) is 11.6 Å². The van der Waals surface area contributed by atoms with E-state index in [0.717, 1.165) is 22.8 Å². The van der Waals surface area contributed by atoms with Gasteiger partial charge in [0.15, 0.2) is 5.03 Å². The van der Waals surface area contributed by atoms with Gasteiger partial charge in [-0.1, -0.05) is 23.9 Å². The summed E-state index contributed by atoms with van der Waals surface area (Å²) in [6, 6.07) is 7.39. The van der Waals surface area contributed by atoms with Crippen molar-refractivity contribution in [2.75, 3.05) is 12.4 Å². The molecule has 1 heterocycles. The lowest BCUT2D eigenvalue weighted by atomic mass is 10.3. The lowest BCUT2D eigenvalue weighted by Gasteiger charge is -2.07. The summed E-state index contributed by atoms with van der Waals surface area (Å²) in [7, 11) is 1.70. The predicted molar refractivity (Wildman–Crippen MR) is 74.3 cm³/mol. The van der Waals surface area contributed by atoms with Gasteiger partial charge in [0.05, 0.1) is 23.4 Å². The summed E-state index contributed by atoms with van der Waals surface area (Å²) in [5.74, 6) is -0.251. The average Bonchev–Trinajstić information content (AvgIpc) is 2.42. The zero-order chi connectivity index (χ0) is 13.8. The quantitative estimate of drug-likeness (QED) is 0.628. The van der Waals surface area contributed by atoms with Gasteiger partial charge in [-0.25, -0.2) is 4.98 Å². The first kappa shape index (κ1) is 13.6. The van der Waals surface area contributed by atoms with Crippen LogP contribution < -0.4 is 5.56 Å². The number of hydrogen-bond acceptors (Lipinski definition) is 5. The van der Waals surface area contributed by atoms with E-state index in [1.165, 1.54) is 4.57 Å². The van der Waals surface area contributed by atoms with Crippen molar-refractivity contribution in [2.45, 2.75) is 11.9 Å². The van der Waals surface area contributed by atoms with Crippen LogP contribution in [0, 0.1) is 0 Å². The van der Waals surface area contributed by atoms with Gasteiger partial charge in [0.1, 0.15) is 0 Å². The Kier molecular flexibility index (Phi) is 4.21. The molecular weight excluding hydrogens is 264 g/mol. The average molecular weight is 278 g/mol. The summed E-state index contributed by atoms with van der Waals surface area (Å²) in [4.78, 5) is 27.7. The van der Waals surface area contributed by atoms with Crippen LogP contribution in [0.5, 0.6) is 0 Å². The van der Waals surface area contributed by atoms with Crippen molar-refractivity contribution < 1.29 is 9.53 Å². The molecule has 1 aromatic carbocycles. The van der Waals surface area contributed by atoms with Gasteiger partial charge in [0.25, 0.3) is 5.56 Å². The number of carbonyl (C=O) groups is 1. The molecule has 0 saturated carbocycles. The predicted octanol–water partition coefficient (Wildman–Crippen LogP) is 1.59. The third kappa shape index (κ3) is 2.96. The van der Waals surface area contributed by atoms with Crippen molar-refractivity contribution >= 4 is 28.8 Å². The number of carbonyl (C=O) groups excluding carboxylic acids is 1. The van der Waals surface area contributed by atoms with Crippen LogP contribution in [-0.2, 0) is 16.6 Å². The van der Waals surface area contributed by atoms with Crippen molar-refractivity contribution in [3.63, 3.8) is 0 Å². The first-order chi connectivity index (χ1) is 9.13. The summed E-state index contributed by atoms with van der Waals surface area (Å²) in [6.45, 7) is 2.08. The number of rotatable bonds is 4. The van der Waals surface area contributed by atoms with Crippen molar-refractivity contribution in [1.82, 2.24) is 9.55 Å². The number of aryl methyl sites for hydroxylation is 1. The Bertz CT molecular complexity index is 666. The summed E-state index contributed by atoms with van der Waals surface area (Å²) in [6.07, 6.45) is 0. The van der Waals surface area contributed by atoms with E-state index in [-0.39, 0.29) is 17.3 Å². The Morgan fingerprint density at radius 3 is 2.89 bits per heavy atom. The number of benzene rings is 1. The maximum Gasteiger partial charge on any atom is 0.316 e. The topological polar surface area (TPSA) is 61.2 Å². The molecule has 0 bridgehead atoms. The summed E-state index contributed by atoms with van der Waals surface area (Å²) >= 11 is 1.11. The molecule has 100 valence electrons. The third-order valence-corrected chi connectivity index (χ3v) is 3.50. The fourth-order valence-electron chi connectivity index (χ4n) is 1.68. The second kappa shape index (κ2) is 5.88. The largest absolute Gasteiger partial charge is 0.465 e. The molecule has 0 atom stereocenters. The van der Waals surface area contributed by atoms with Crippen LogP contribution in [0.15, 0.2) is 34.1 Å². The molecule has 2 rings (SSSR count). The number of ether oxygens (including phenoxy) is 1. The smallest absolute Gasteiger partial charge is 0.316 e. The lowest BCUT2D eigenvalue weighted by molar-refractivity contribution is -0.139. The molecule has 0 unspecified atom stereocenters. The first-order valence-electron chi connectivity index (χ1n) is 5.87. The number of thioether (sulfide) groups is 1. The first-order valence-corrected chi connectivity index (χ1v) is 6.86. The Balaban J connectivity index is 2.31. The monoisotopic (exact) mass is 278 g/mol. The molecule has 5 nitrogen and oxygen atoms in total. The van der Waals surface area contributed by atoms with Crippen molar-refractivity contribution in [3.8, 4) is 0 Å². The summed E-state index contributed by atoms with van der Waals surface area (Å²) < 4.78 is 6.36. The number of para-hydroxylation sites is 2. The number of nitrogens with zero attached hydrogens (tertiary/aromatic N) is 2. The van der Waals surface area contributed by atoms with E-state index in [4.69, 9.17) is 4.74 Å². The SMILES string of the molecule is CCOC(=O)CSc1nc2ccccc2n(C)c1=O. The van der Waals surface area contributed by atoms with Crippen molar-refractivity contribution in [2.24, 2.45) is 7.05 Å². The van der Waals surface area contributed by atoms with Gasteiger partial charge in [-0.2, -0.15) is 0 Å². The molecule has 0 amide bonds. The lowest BCUT2D eigenvalue weighted by Crippen LogP contribution is -2.21. The van der Waals surface area contributed by atoms with Crippen LogP contribution in [0.25, 0.3) is 11.0 Å². The Labute approximate surface area is 114 Å². The minimum atomic E-state index is -0.343. The van der Waals surface area contributed by atoms with E-state index in [9.17, 15) is 9.59 Å². The van der Waals surface area contributed by atoms with E-state index < -0.39 is 0 Å². The number of fused-ring (bicyclic) bond motifs is 1. The van der Waals surface area contributed by atoms with Crippen molar-refractivity contribution in [1.29, 1.82) is 0 Å². The Morgan fingerprint density at radius 1 is 1.42 bits per heavy atom. The molecule has 6 heteroatoms. The highest BCUT2D eigenvalue weighted by atomic mass is 32.2. The fourth-order valence-corrected chi connectivity index (χ4v) is 2.44. The normalized spacial score (nSPS) is 10.6. The Morgan fingerprint density at radius 2 is 2.16 bits per heavy atom. The van der Waals surface area contributed by atoms with Crippen LogP contribution in [0.1, 0.15) is 6.92 Å². The maximum absolute atomic E-state index is 12.1. The maximum atomic E-state index is 12.1. The summed E-state index contributed by atoms with van der Waals surface area (Å²) in [5.41, 5.74) is 1.30. The summed E-state index contributed by atoms with van der Waals surface area (Å²) in [5, 5.41) is 0.314. The molecule has 0 aliphatic carbocycles. The highest BCUT2D eigenvalue weighted by Gasteiger charge is 2.11. The van der Waals surface area contributed by atoms with E-state index >= 15 is 0 Å². The molecule has 1 aromatic heterocycles. The van der Waals surface area contributed by atoms with E-state index in [2.05, 4.69) is 4.98 Å². The van der Waals surface area contributed by atoms with Crippen LogP contribution in [0.3, 0.4) is 0 Å². The zero-order valence-electron chi connectivity index (χ0n) is 10.8. The molecular formula is C13H14N2O3S. The highest BCUT2D eigenvalue weighted by molar-refractivity contribution is 7.99. The van der Waals surface area contributed by atoms with Gasteiger partial charge in [-0.3, -0.25) is 9.59 Å². The molecule has 0 saturated heterocycles. The van der Waals surface area contributed by atoms with Gasteiger partial charge in [0.2, 0.25) is 0 Å². The minimum absolute atomic E-state index is 0.0917. The van der Waals surface area contributed by atoms with Gasteiger partial charge < -0.3 is 9.30 Å². The second-order valence-electron chi connectivity index (χ2n) is 3.86. The molecule has 0 aliphatic rings. The highest BCUT2D eigenvalue weighted by Crippen LogP contribution is 2.15. The van der Waals surface area contributed by atoms with E-state index in [1.54, 1.807) is 14.0 Å². The number of aromatic nitrogens is 2. The van der Waals surface area contributed by atoms with Gasteiger partial charge >= 0.3 is 5.97 Å². The van der Waals surface area contributed by atoms with Gasteiger partial charge in [0, 0.05) is 7.05 Å². The molecule has 0 radical (unpaired) electrons. The van der Waals surface area contributed by atoms with E-state index in [1.807, 2.05) is 24.3 Å². The third-order valence-electron chi connectivity index (χ3n) is 2.58. The molecule has 0 aliphatic heterocycles. The molecule has 0 N–H and O–H groups in total. The molecule has 19 heavy (non-hydrogen) atoms. The van der Waals surface area contributed by atoms with Crippen molar-refractivity contribution in [3.05, 3.63) is 34.6 Å². The number of hydrogen-bond donors (Lipinski definition) is 0. The number of esters is 1. The van der Waals surface area contributed by atoms with Gasteiger partial charge in [-0.05, 0) is 19.1 Å². The zero-order valence-corrected chi connectivity index (χ0v) is 11.6. The molecule has 0 fully saturated rings. The Hall–Kier alpha value is -1.82. The molecule has 2 aromatic rings. The van der Waals surface area contributed by atoms with Crippen LogP contribution in [-0.4, -0.2) is 27.9 Å².